The Labute approximate surface area is 208 Å². The van der Waals surface area contributed by atoms with Gasteiger partial charge in [-0.2, -0.15) is 0 Å². The third-order valence-corrected chi connectivity index (χ3v) is 5.32. The molecule has 0 aliphatic heterocycles. The topological polar surface area (TPSA) is 76.1 Å². The molecule has 1 N–H and O–H groups in total. The molecular formula is C29H35NO5. The molecule has 6 heteroatoms. The van der Waals surface area contributed by atoms with Crippen molar-refractivity contribution >= 4 is 29.4 Å². The van der Waals surface area contributed by atoms with Crippen LogP contribution in [0.25, 0.3) is 12.2 Å². The molecule has 0 atom stereocenters. The molecule has 0 aliphatic carbocycles. The molecule has 2 aromatic rings. The number of ketones is 2. The van der Waals surface area contributed by atoms with Gasteiger partial charge in [0.25, 0.3) is 0 Å². The van der Waals surface area contributed by atoms with Crippen LogP contribution in [0.15, 0.2) is 60.2 Å². The number of aromatic hydroxyl groups is 1. The fourth-order valence-electron chi connectivity index (χ4n) is 3.34. The molecule has 0 fully saturated rings. The zero-order chi connectivity index (χ0) is 25.8. The van der Waals surface area contributed by atoms with E-state index in [4.69, 9.17) is 9.47 Å². The first-order valence-electron chi connectivity index (χ1n) is 11.7. The molecule has 2 rings (SSSR count). The first-order valence-corrected chi connectivity index (χ1v) is 11.7. The van der Waals surface area contributed by atoms with Crippen molar-refractivity contribution in [3.05, 3.63) is 71.3 Å². The van der Waals surface area contributed by atoms with Crippen LogP contribution in [0.2, 0.25) is 0 Å². The minimum Gasteiger partial charge on any atom is -0.504 e. The van der Waals surface area contributed by atoms with Gasteiger partial charge >= 0.3 is 0 Å². The molecule has 2 aromatic carbocycles. The van der Waals surface area contributed by atoms with Crippen molar-refractivity contribution in [1.29, 1.82) is 0 Å². The molecule has 0 saturated carbocycles. The number of carbonyl (C=O) groups is 2. The number of carbonyl (C=O) groups excluding carboxylic acids is 2. The molecule has 0 unspecified atom stereocenters. The summed E-state index contributed by atoms with van der Waals surface area (Å²) in [6.07, 6.45) is 7.73. The second-order valence-corrected chi connectivity index (χ2v) is 8.19. The maximum Gasteiger partial charge on any atom is 0.163 e. The second kappa shape index (κ2) is 13.8. The van der Waals surface area contributed by atoms with Gasteiger partial charge in [0.05, 0.1) is 13.5 Å². The number of allylic oxidation sites excluding steroid dienone is 3. The van der Waals surface area contributed by atoms with Crippen LogP contribution < -0.4 is 14.4 Å². The van der Waals surface area contributed by atoms with Crippen molar-refractivity contribution in [1.82, 2.24) is 0 Å². The average molecular weight is 478 g/mol. The number of phenols is 1. The lowest BCUT2D eigenvalue weighted by Gasteiger charge is -2.22. The van der Waals surface area contributed by atoms with Gasteiger partial charge in [-0.05, 0) is 81.8 Å². The zero-order valence-electron chi connectivity index (χ0n) is 21.2. The van der Waals surface area contributed by atoms with E-state index in [9.17, 15) is 14.7 Å². The summed E-state index contributed by atoms with van der Waals surface area (Å²) in [5, 5.41) is 9.84. The normalized spacial score (nSPS) is 11.0. The van der Waals surface area contributed by atoms with Crippen molar-refractivity contribution in [3.8, 4) is 17.2 Å². The molecule has 186 valence electrons. The van der Waals surface area contributed by atoms with Gasteiger partial charge in [-0.3, -0.25) is 9.59 Å². The van der Waals surface area contributed by atoms with E-state index in [1.165, 1.54) is 25.3 Å². The summed E-state index contributed by atoms with van der Waals surface area (Å²) < 4.78 is 11.0. The summed E-state index contributed by atoms with van der Waals surface area (Å²) in [4.78, 5) is 26.9. The van der Waals surface area contributed by atoms with Crippen molar-refractivity contribution < 1.29 is 24.2 Å². The Bertz CT molecular complexity index is 1110. The molecule has 35 heavy (non-hydrogen) atoms. The second-order valence-electron chi connectivity index (χ2n) is 8.19. The Hall–Kier alpha value is -3.80. The van der Waals surface area contributed by atoms with Gasteiger partial charge in [0, 0.05) is 30.4 Å². The maximum atomic E-state index is 12.4. The smallest absolute Gasteiger partial charge is 0.163 e. The highest BCUT2D eigenvalue weighted by Gasteiger charge is 2.09. The Morgan fingerprint density at radius 2 is 1.63 bits per heavy atom. The van der Waals surface area contributed by atoms with E-state index in [0.29, 0.717) is 23.7 Å². The molecular weight excluding hydrogens is 442 g/mol. The molecule has 0 heterocycles. The van der Waals surface area contributed by atoms with E-state index in [2.05, 4.69) is 18.7 Å². The molecule has 0 saturated heterocycles. The Morgan fingerprint density at radius 3 is 2.23 bits per heavy atom. The molecule has 0 spiro atoms. The third kappa shape index (κ3) is 8.81. The van der Waals surface area contributed by atoms with Gasteiger partial charge in [-0.15, -0.1) is 0 Å². The first-order chi connectivity index (χ1) is 16.8. The van der Waals surface area contributed by atoms with E-state index in [0.717, 1.165) is 29.9 Å². The largest absolute Gasteiger partial charge is 0.504 e. The minimum atomic E-state index is -0.327. The lowest BCUT2D eigenvalue weighted by atomic mass is 10.1. The highest BCUT2D eigenvalue weighted by Crippen LogP contribution is 2.28. The number of benzene rings is 2. The van der Waals surface area contributed by atoms with Crippen molar-refractivity contribution in [2.75, 3.05) is 31.7 Å². The minimum absolute atomic E-state index is 0.0178. The highest BCUT2D eigenvalue weighted by atomic mass is 16.5. The monoisotopic (exact) mass is 477 g/mol. The number of ether oxygens (including phenoxy) is 2. The summed E-state index contributed by atoms with van der Waals surface area (Å²) in [5.74, 6) is 0.382. The van der Waals surface area contributed by atoms with Crippen LogP contribution in [0.4, 0.5) is 5.69 Å². The summed E-state index contributed by atoms with van der Waals surface area (Å²) >= 11 is 0. The summed E-state index contributed by atoms with van der Waals surface area (Å²) in [6, 6.07) is 10.7. The van der Waals surface area contributed by atoms with Crippen molar-refractivity contribution in [2.24, 2.45) is 0 Å². The van der Waals surface area contributed by atoms with Crippen LogP contribution in [-0.2, 0) is 9.59 Å². The van der Waals surface area contributed by atoms with Crippen LogP contribution in [-0.4, -0.2) is 43.5 Å². The summed E-state index contributed by atoms with van der Waals surface area (Å²) in [5.41, 5.74) is 3.61. The van der Waals surface area contributed by atoms with E-state index >= 15 is 0 Å². The number of hydrogen-bond acceptors (Lipinski definition) is 6. The van der Waals surface area contributed by atoms with E-state index in [1.54, 1.807) is 24.3 Å². The van der Waals surface area contributed by atoms with Crippen LogP contribution in [0, 0.1) is 0 Å². The van der Waals surface area contributed by atoms with Gasteiger partial charge in [0.15, 0.2) is 23.1 Å². The molecule has 0 radical (unpaired) electrons. The molecule has 0 aliphatic rings. The van der Waals surface area contributed by atoms with E-state index in [1.807, 2.05) is 38.1 Å². The summed E-state index contributed by atoms with van der Waals surface area (Å²) in [7, 11) is 1.46. The van der Waals surface area contributed by atoms with Crippen molar-refractivity contribution in [3.63, 3.8) is 0 Å². The zero-order valence-corrected chi connectivity index (χ0v) is 21.2. The summed E-state index contributed by atoms with van der Waals surface area (Å²) in [6.45, 7) is 10.4. The molecule has 0 bridgehead atoms. The first kappa shape index (κ1) is 27.4. The Morgan fingerprint density at radius 1 is 0.943 bits per heavy atom. The van der Waals surface area contributed by atoms with Gasteiger partial charge in [-0.25, -0.2) is 0 Å². The Balaban J connectivity index is 2.10. The van der Waals surface area contributed by atoms with Crippen LogP contribution in [0.3, 0.4) is 0 Å². The molecule has 0 aromatic heterocycles. The van der Waals surface area contributed by atoms with Gasteiger partial charge in [0.1, 0.15) is 12.4 Å². The number of methoxy groups -OCH3 is 1. The average Bonchev–Trinajstić information content (AvgIpc) is 2.83. The lowest BCUT2D eigenvalue weighted by molar-refractivity contribution is -0.121. The van der Waals surface area contributed by atoms with E-state index < -0.39 is 0 Å². The fourth-order valence-corrected chi connectivity index (χ4v) is 3.34. The SMILES string of the molecule is CCN(CC)c1ccc(/C=C/C(=O)CC(=O)/C=C/c2ccc(OC)c(O)c2)c(OCC=C(C)C)c1. The van der Waals surface area contributed by atoms with Gasteiger partial charge in [0.2, 0.25) is 0 Å². The standard InChI is InChI=1S/C29H35NO5/c1-6-30(7-2)24-12-10-23(29(19-24)35-17-16-21(3)4)11-14-26(32)20-25(31)13-8-22-9-15-28(34-5)27(33)18-22/h8-16,18-19,33H,6-7,17,20H2,1-5H3/b13-8+,14-11+. The highest BCUT2D eigenvalue weighted by molar-refractivity contribution is 6.11. The predicted octanol–water partition coefficient (Wildman–Crippen LogP) is 5.85. The molecule has 0 amide bonds. The number of phenolic OH excluding ortho intramolecular Hbond substituents is 1. The van der Waals surface area contributed by atoms with Crippen LogP contribution >= 0.6 is 0 Å². The number of nitrogens with zero attached hydrogens (tertiary/aromatic N) is 1. The fraction of sp³-hybridized carbons (Fsp3) is 0.310. The third-order valence-electron chi connectivity index (χ3n) is 5.32. The van der Waals surface area contributed by atoms with Crippen LogP contribution in [0.1, 0.15) is 45.2 Å². The number of hydrogen-bond donors (Lipinski definition) is 1. The van der Waals surface area contributed by atoms with Gasteiger partial charge < -0.3 is 19.5 Å². The van der Waals surface area contributed by atoms with E-state index in [-0.39, 0.29) is 23.7 Å². The van der Waals surface area contributed by atoms with Crippen LogP contribution in [0.5, 0.6) is 17.2 Å². The number of rotatable bonds is 13. The maximum absolute atomic E-state index is 12.4. The predicted molar refractivity (Wildman–Crippen MR) is 142 cm³/mol. The molecule has 6 nitrogen and oxygen atoms in total. The van der Waals surface area contributed by atoms with Crippen molar-refractivity contribution in [2.45, 2.75) is 34.1 Å². The lowest BCUT2D eigenvalue weighted by Crippen LogP contribution is -2.21. The number of anilines is 1. The quantitative estimate of drug-likeness (QED) is 0.222. The van der Waals surface area contributed by atoms with Gasteiger partial charge in [-0.1, -0.05) is 17.7 Å². The Kier molecular flexibility index (Phi) is 10.8.